The second-order valence-corrected chi connectivity index (χ2v) is 10.1. The van der Waals surface area contributed by atoms with E-state index in [0.29, 0.717) is 26.3 Å². The molecule has 1 N–H and O–H groups in total. The molecule has 176 valence electrons. The second-order valence-electron chi connectivity index (χ2n) is 10.1. The summed E-state index contributed by atoms with van der Waals surface area (Å²) < 4.78 is 11.6. The summed E-state index contributed by atoms with van der Waals surface area (Å²) in [4.78, 5) is 26.2. The van der Waals surface area contributed by atoms with Gasteiger partial charge in [-0.3, -0.25) is 0 Å². The Morgan fingerprint density at radius 1 is 1.32 bits per heavy atom. The molecule has 7 nitrogen and oxygen atoms in total. The zero-order chi connectivity index (χ0) is 23.9. The Labute approximate surface area is 199 Å². The first-order valence-electron chi connectivity index (χ1n) is 11.9. The van der Waals surface area contributed by atoms with Crippen molar-refractivity contribution in [2.75, 3.05) is 13.2 Å². The summed E-state index contributed by atoms with van der Waals surface area (Å²) in [6.07, 6.45) is 6.18. The Morgan fingerprint density at radius 3 is 2.97 bits per heavy atom. The van der Waals surface area contributed by atoms with Gasteiger partial charge in [-0.25, -0.2) is 16.4 Å². The van der Waals surface area contributed by atoms with Gasteiger partial charge in [0.25, 0.3) is 0 Å². The first-order chi connectivity index (χ1) is 16.3. The summed E-state index contributed by atoms with van der Waals surface area (Å²) in [6, 6.07) is 6.51. The highest BCUT2D eigenvalue weighted by Gasteiger charge is 2.35. The summed E-state index contributed by atoms with van der Waals surface area (Å²) in [5.41, 5.74) is 6.91. The summed E-state index contributed by atoms with van der Waals surface area (Å²) in [6.45, 7) is 15.2. The predicted octanol–water partition coefficient (Wildman–Crippen LogP) is 5.79. The number of nitrogens with one attached hydrogen (secondary N) is 1. The average Bonchev–Trinajstić information content (AvgIpc) is 3.45. The molecule has 34 heavy (non-hydrogen) atoms. The van der Waals surface area contributed by atoms with E-state index < -0.39 is 5.60 Å². The van der Waals surface area contributed by atoms with Gasteiger partial charge < -0.3 is 24.2 Å². The van der Waals surface area contributed by atoms with Gasteiger partial charge >= 0.3 is 6.09 Å². The van der Waals surface area contributed by atoms with Crippen LogP contribution in [0, 0.1) is 6.57 Å². The highest BCUT2D eigenvalue weighted by atomic mass is 16.6. The number of hydrogen-bond acceptors (Lipinski definition) is 4. The molecule has 2 aromatic heterocycles. The Kier molecular flexibility index (Phi) is 5.78. The number of pyridine rings is 1. The smallest absolute Gasteiger partial charge is 0.410 e. The van der Waals surface area contributed by atoms with Crippen molar-refractivity contribution in [3.8, 4) is 11.1 Å². The molecule has 1 atom stereocenters. The fourth-order valence-corrected chi connectivity index (χ4v) is 5.04. The van der Waals surface area contributed by atoms with Crippen LogP contribution in [0.15, 0.2) is 30.6 Å². The molecule has 4 heterocycles. The molecular formula is C27H30N4O3. The molecule has 0 saturated carbocycles. The van der Waals surface area contributed by atoms with Gasteiger partial charge in [0.05, 0.1) is 24.8 Å². The van der Waals surface area contributed by atoms with E-state index in [1.807, 2.05) is 38.1 Å². The van der Waals surface area contributed by atoms with Crippen LogP contribution in [0.2, 0.25) is 0 Å². The number of carbonyl (C=O) groups is 1. The van der Waals surface area contributed by atoms with Crippen molar-refractivity contribution < 1.29 is 14.3 Å². The molecule has 5 rings (SSSR count). The van der Waals surface area contributed by atoms with Crippen molar-refractivity contribution in [3.05, 3.63) is 64.3 Å². The highest BCUT2D eigenvalue weighted by Crippen LogP contribution is 2.40. The average molecular weight is 459 g/mol. The van der Waals surface area contributed by atoms with Gasteiger partial charge in [0.15, 0.2) is 0 Å². The lowest BCUT2D eigenvalue weighted by Crippen LogP contribution is -2.36. The van der Waals surface area contributed by atoms with Gasteiger partial charge in [0.1, 0.15) is 11.2 Å². The van der Waals surface area contributed by atoms with Gasteiger partial charge in [-0.05, 0) is 74.4 Å². The van der Waals surface area contributed by atoms with Crippen molar-refractivity contribution in [1.82, 2.24) is 14.9 Å². The molecule has 0 aliphatic carbocycles. The largest absolute Gasteiger partial charge is 0.444 e. The van der Waals surface area contributed by atoms with Gasteiger partial charge in [0, 0.05) is 29.9 Å². The lowest BCUT2D eigenvalue weighted by Gasteiger charge is -2.31. The minimum Gasteiger partial charge on any atom is -0.444 e. The Morgan fingerprint density at radius 2 is 2.18 bits per heavy atom. The number of fused-ring (bicyclic) bond motifs is 2. The van der Waals surface area contributed by atoms with Crippen LogP contribution >= 0.6 is 0 Å². The van der Waals surface area contributed by atoms with Crippen molar-refractivity contribution in [1.29, 1.82) is 0 Å². The van der Waals surface area contributed by atoms with E-state index in [1.165, 1.54) is 11.1 Å². The molecule has 2 aliphatic heterocycles. The third-order valence-corrected chi connectivity index (χ3v) is 6.58. The lowest BCUT2D eigenvalue weighted by atomic mass is 9.88. The maximum Gasteiger partial charge on any atom is 0.410 e. The molecule has 3 aromatic rings. The van der Waals surface area contributed by atoms with Crippen molar-refractivity contribution in [2.24, 2.45) is 0 Å². The quantitative estimate of drug-likeness (QED) is 0.504. The number of carbonyl (C=O) groups excluding carboxylic acids is 1. The summed E-state index contributed by atoms with van der Waals surface area (Å²) in [5.74, 6) is 0. The minimum atomic E-state index is -0.532. The molecule has 2 aliphatic rings. The predicted molar refractivity (Wildman–Crippen MR) is 130 cm³/mol. The SMILES string of the molecule is [C-]#[N+]Cc1c[nH]c2ncc(-c3cc4c(c(C5CCCN5C(=O)OC(C)(C)C)c3)COCC4)cc12. The molecule has 0 bridgehead atoms. The molecule has 1 amide bonds. The van der Waals surface area contributed by atoms with Crippen molar-refractivity contribution >= 4 is 17.1 Å². The Bertz CT molecular complexity index is 1280. The van der Waals surface area contributed by atoms with Gasteiger partial charge in [-0.15, -0.1) is 0 Å². The van der Waals surface area contributed by atoms with Crippen LogP contribution in [0.3, 0.4) is 0 Å². The molecule has 7 heteroatoms. The van der Waals surface area contributed by atoms with Crippen LogP contribution < -0.4 is 0 Å². The Hall–Kier alpha value is -3.37. The van der Waals surface area contributed by atoms with Crippen molar-refractivity contribution in [3.63, 3.8) is 0 Å². The summed E-state index contributed by atoms with van der Waals surface area (Å²) >= 11 is 0. The normalized spacial score (nSPS) is 18.1. The fourth-order valence-electron chi connectivity index (χ4n) is 5.04. The number of amides is 1. The fraction of sp³-hybridized carbons (Fsp3) is 0.444. The van der Waals surface area contributed by atoms with Gasteiger partial charge in [-0.1, -0.05) is 6.07 Å². The topological polar surface area (TPSA) is 71.8 Å². The van der Waals surface area contributed by atoms with Crippen molar-refractivity contribution in [2.45, 2.75) is 64.8 Å². The third kappa shape index (κ3) is 4.26. The molecule has 1 aromatic carbocycles. The zero-order valence-electron chi connectivity index (χ0n) is 20.0. The maximum atomic E-state index is 13.0. The van der Waals surface area contributed by atoms with Gasteiger partial charge in [0.2, 0.25) is 6.54 Å². The molecule has 1 fully saturated rings. The second kappa shape index (κ2) is 8.77. The number of H-pyrrole nitrogens is 1. The molecule has 0 radical (unpaired) electrons. The van der Waals surface area contributed by atoms with E-state index >= 15 is 0 Å². The number of benzene rings is 1. The number of aromatic amines is 1. The monoisotopic (exact) mass is 458 g/mol. The number of aromatic nitrogens is 2. The van der Waals surface area contributed by atoms with E-state index in [1.54, 1.807) is 0 Å². The standard InChI is InChI=1S/C27H30N4O3/c1-27(2,3)34-26(32)31-8-5-6-24(31)22-11-18(10-17-7-9-33-16-23(17)22)19-12-21-20(13-28-4)15-30-25(21)29-14-19/h10-12,14-15,24H,5-9,13,16H2,1-3H3,(H,29,30). The maximum absolute atomic E-state index is 13.0. The number of nitrogens with zero attached hydrogens (tertiary/aromatic N) is 3. The first kappa shape index (κ1) is 22.4. The van der Waals surface area contributed by atoms with Crippen LogP contribution in [-0.2, 0) is 29.0 Å². The summed E-state index contributed by atoms with van der Waals surface area (Å²) in [5, 5.41) is 0.979. The lowest BCUT2D eigenvalue weighted by molar-refractivity contribution is 0.0221. The van der Waals surface area contributed by atoms with E-state index in [9.17, 15) is 4.79 Å². The molecular weight excluding hydrogens is 428 g/mol. The van der Waals surface area contributed by atoms with Crippen LogP contribution in [0.25, 0.3) is 27.0 Å². The highest BCUT2D eigenvalue weighted by molar-refractivity contribution is 5.85. The van der Waals surface area contributed by atoms with Crippen LogP contribution in [0.4, 0.5) is 4.79 Å². The van der Waals surface area contributed by atoms with Crippen LogP contribution in [0.5, 0.6) is 0 Å². The van der Waals surface area contributed by atoms with E-state index in [0.717, 1.165) is 52.5 Å². The number of rotatable bonds is 3. The van der Waals surface area contributed by atoms with Crippen LogP contribution in [-0.4, -0.2) is 39.7 Å². The van der Waals surface area contributed by atoms with Crippen LogP contribution in [0.1, 0.15) is 61.9 Å². The number of hydrogen-bond donors (Lipinski definition) is 1. The van der Waals surface area contributed by atoms with E-state index in [2.05, 4.69) is 33.0 Å². The van der Waals surface area contributed by atoms with E-state index in [4.69, 9.17) is 16.0 Å². The zero-order valence-corrected chi connectivity index (χ0v) is 20.0. The van der Waals surface area contributed by atoms with Gasteiger partial charge in [-0.2, -0.15) is 0 Å². The minimum absolute atomic E-state index is 0.0353. The number of likely N-dealkylation sites (tertiary alicyclic amines) is 1. The molecule has 1 unspecified atom stereocenters. The van der Waals surface area contributed by atoms with E-state index in [-0.39, 0.29) is 12.1 Å². The molecule has 1 saturated heterocycles. The third-order valence-electron chi connectivity index (χ3n) is 6.58. The first-order valence-corrected chi connectivity index (χ1v) is 11.9. The number of ether oxygens (including phenoxy) is 2. The Balaban J connectivity index is 1.58. The molecule has 0 spiro atoms. The summed E-state index contributed by atoms with van der Waals surface area (Å²) in [7, 11) is 0.